The number of methoxy groups -OCH3 is 1. The van der Waals surface area contributed by atoms with E-state index in [0.29, 0.717) is 27.8 Å². The first-order valence-corrected chi connectivity index (χ1v) is 18.4. The standard InChI is InChI=1S/C42H37N5O4S2/c1-47(2)32-23-21-28(22-24-32)25-35(44-39(48)30-15-8-5-9-16-30)40(49)43-31-17-12-18-33(26-31)53-38(29-13-6-4-7-14-29)41(50)46-42-45-36(27-52-42)34-19-10-11-20-37(34)51-3/h4-27,38H,1-3H3,(H,43,49)(H,44,48)(H,45,46,50)/b35-25+. The predicted molar refractivity (Wildman–Crippen MR) is 215 cm³/mol. The molecule has 0 radical (unpaired) electrons. The van der Waals surface area contributed by atoms with Crippen molar-refractivity contribution in [1.82, 2.24) is 10.3 Å². The number of ether oxygens (including phenoxy) is 1. The van der Waals surface area contributed by atoms with Gasteiger partial charge in [0.1, 0.15) is 16.7 Å². The molecule has 0 bridgehead atoms. The van der Waals surface area contributed by atoms with Crippen LogP contribution in [0.4, 0.5) is 16.5 Å². The van der Waals surface area contributed by atoms with Crippen LogP contribution >= 0.6 is 23.1 Å². The number of amides is 3. The highest BCUT2D eigenvalue weighted by Gasteiger charge is 2.24. The van der Waals surface area contributed by atoms with Gasteiger partial charge in [-0.15, -0.1) is 23.1 Å². The largest absolute Gasteiger partial charge is 0.496 e. The number of rotatable bonds is 13. The average molecular weight is 740 g/mol. The summed E-state index contributed by atoms with van der Waals surface area (Å²) in [6.45, 7) is 0. The van der Waals surface area contributed by atoms with Gasteiger partial charge in [-0.25, -0.2) is 4.98 Å². The SMILES string of the molecule is COc1ccccc1-c1csc(NC(=O)C(Sc2cccc(NC(=O)/C(=C\c3ccc(N(C)C)cc3)NC(=O)c3ccccc3)c2)c2ccccc2)n1. The highest BCUT2D eigenvalue weighted by atomic mass is 32.2. The van der Waals surface area contributed by atoms with Crippen LogP contribution in [0.3, 0.4) is 0 Å². The van der Waals surface area contributed by atoms with Crippen molar-refractivity contribution in [2.75, 3.05) is 36.7 Å². The molecule has 11 heteroatoms. The maximum absolute atomic E-state index is 13.9. The average Bonchev–Trinajstić information content (AvgIpc) is 3.65. The number of benzene rings is 5. The Labute approximate surface area is 316 Å². The molecule has 0 spiro atoms. The van der Waals surface area contributed by atoms with Crippen LogP contribution in [0.15, 0.2) is 149 Å². The van der Waals surface area contributed by atoms with E-state index in [0.717, 1.165) is 27.3 Å². The Morgan fingerprint density at radius 2 is 1.51 bits per heavy atom. The molecule has 266 valence electrons. The minimum absolute atomic E-state index is 0.0759. The van der Waals surface area contributed by atoms with Gasteiger partial charge in [0.2, 0.25) is 5.91 Å². The van der Waals surface area contributed by atoms with E-state index in [1.807, 2.05) is 121 Å². The molecular formula is C42H37N5O4S2. The van der Waals surface area contributed by atoms with E-state index < -0.39 is 17.1 Å². The first kappa shape index (κ1) is 36.6. The van der Waals surface area contributed by atoms with Crippen molar-refractivity contribution in [2.24, 2.45) is 0 Å². The van der Waals surface area contributed by atoms with Crippen molar-refractivity contribution in [3.63, 3.8) is 0 Å². The molecule has 6 rings (SSSR count). The number of hydrogen-bond donors (Lipinski definition) is 3. The van der Waals surface area contributed by atoms with E-state index in [1.54, 1.807) is 49.6 Å². The van der Waals surface area contributed by atoms with E-state index in [2.05, 4.69) is 20.9 Å². The lowest BCUT2D eigenvalue weighted by atomic mass is 10.1. The molecule has 1 aromatic heterocycles. The second kappa shape index (κ2) is 17.4. The maximum Gasteiger partial charge on any atom is 0.272 e. The molecule has 0 saturated heterocycles. The highest BCUT2D eigenvalue weighted by Crippen LogP contribution is 2.38. The van der Waals surface area contributed by atoms with Gasteiger partial charge in [0.25, 0.3) is 11.8 Å². The summed E-state index contributed by atoms with van der Waals surface area (Å²) in [7, 11) is 5.51. The van der Waals surface area contributed by atoms with E-state index >= 15 is 0 Å². The number of aromatic nitrogens is 1. The summed E-state index contributed by atoms with van der Waals surface area (Å²) in [6, 6.07) is 40.7. The normalized spacial score (nSPS) is 11.6. The predicted octanol–water partition coefficient (Wildman–Crippen LogP) is 8.77. The summed E-state index contributed by atoms with van der Waals surface area (Å²) in [5.74, 6) is -0.459. The molecule has 0 fully saturated rings. The molecule has 1 unspecified atom stereocenters. The molecule has 5 aromatic carbocycles. The maximum atomic E-state index is 13.9. The molecule has 0 aliphatic heterocycles. The molecule has 9 nitrogen and oxygen atoms in total. The van der Waals surface area contributed by atoms with Crippen molar-refractivity contribution in [3.05, 3.63) is 161 Å². The molecule has 53 heavy (non-hydrogen) atoms. The van der Waals surface area contributed by atoms with Gasteiger partial charge in [-0.1, -0.05) is 78.9 Å². The van der Waals surface area contributed by atoms with Crippen LogP contribution in [0.25, 0.3) is 17.3 Å². The number of hydrogen-bond acceptors (Lipinski definition) is 8. The van der Waals surface area contributed by atoms with E-state index in [4.69, 9.17) is 4.74 Å². The quantitative estimate of drug-likeness (QED) is 0.0802. The monoisotopic (exact) mass is 739 g/mol. The number of para-hydroxylation sites is 1. The Morgan fingerprint density at radius 1 is 0.811 bits per heavy atom. The summed E-state index contributed by atoms with van der Waals surface area (Å²) in [6.07, 6.45) is 1.64. The minimum atomic E-state index is -0.633. The second-order valence-corrected chi connectivity index (χ2v) is 14.0. The van der Waals surface area contributed by atoms with Crippen LogP contribution in [-0.4, -0.2) is 43.9 Å². The van der Waals surface area contributed by atoms with Gasteiger partial charge in [-0.2, -0.15) is 0 Å². The fourth-order valence-electron chi connectivity index (χ4n) is 5.34. The Balaban J connectivity index is 1.22. The van der Waals surface area contributed by atoms with Crippen molar-refractivity contribution >= 4 is 63.4 Å². The Kier molecular flexibility index (Phi) is 12.0. The number of nitrogens with zero attached hydrogens (tertiary/aromatic N) is 2. The molecular weight excluding hydrogens is 703 g/mol. The van der Waals surface area contributed by atoms with E-state index in [9.17, 15) is 14.4 Å². The van der Waals surface area contributed by atoms with Crippen LogP contribution in [0, 0.1) is 0 Å². The smallest absolute Gasteiger partial charge is 0.272 e. The fraction of sp³-hybridized carbons (Fsp3) is 0.0952. The van der Waals surface area contributed by atoms with Gasteiger partial charge in [-0.05, 0) is 71.8 Å². The molecule has 0 aliphatic carbocycles. The zero-order valence-corrected chi connectivity index (χ0v) is 30.9. The topological polar surface area (TPSA) is 113 Å². The van der Waals surface area contributed by atoms with Gasteiger partial charge in [-0.3, -0.25) is 14.4 Å². The Morgan fingerprint density at radius 3 is 2.23 bits per heavy atom. The summed E-state index contributed by atoms with van der Waals surface area (Å²) in [5, 5.41) is 10.4. The van der Waals surface area contributed by atoms with Crippen LogP contribution in [0.1, 0.15) is 26.7 Å². The highest BCUT2D eigenvalue weighted by molar-refractivity contribution is 8.00. The van der Waals surface area contributed by atoms with Gasteiger partial charge >= 0.3 is 0 Å². The Bertz CT molecular complexity index is 2220. The second-order valence-electron chi connectivity index (χ2n) is 12.0. The van der Waals surface area contributed by atoms with Crippen LogP contribution in [0.5, 0.6) is 5.75 Å². The molecule has 3 N–H and O–H groups in total. The third kappa shape index (κ3) is 9.59. The first-order valence-electron chi connectivity index (χ1n) is 16.7. The number of nitrogens with one attached hydrogen (secondary N) is 3. The number of thiazole rings is 1. The van der Waals surface area contributed by atoms with Gasteiger partial charge in [0, 0.05) is 46.9 Å². The lowest BCUT2D eigenvalue weighted by Crippen LogP contribution is -2.30. The van der Waals surface area contributed by atoms with E-state index in [-0.39, 0.29) is 11.6 Å². The first-order chi connectivity index (χ1) is 25.8. The summed E-state index contributed by atoms with van der Waals surface area (Å²) in [5.41, 5.74) is 5.08. The lowest BCUT2D eigenvalue weighted by molar-refractivity contribution is -0.116. The molecule has 1 atom stereocenters. The third-order valence-electron chi connectivity index (χ3n) is 8.05. The minimum Gasteiger partial charge on any atom is -0.496 e. The van der Waals surface area contributed by atoms with Gasteiger partial charge < -0.3 is 25.6 Å². The van der Waals surface area contributed by atoms with E-state index in [1.165, 1.54) is 23.1 Å². The number of anilines is 3. The zero-order valence-electron chi connectivity index (χ0n) is 29.3. The van der Waals surface area contributed by atoms with Crippen molar-refractivity contribution < 1.29 is 19.1 Å². The molecule has 6 aromatic rings. The summed E-state index contributed by atoms with van der Waals surface area (Å²) in [4.78, 5) is 48.2. The lowest BCUT2D eigenvalue weighted by Gasteiger charge is -2.17. The molecule has 0 saturated carbocycles. The van der Waals surface area contributed by atoms with Crippen LogP contribution < -0.4 is 25.6 Å². The van der Waals surface area contributed by atoms with Gasteiger partial charge in [0.05, 0.1) is 12.8 Å². The molecule has 0 aliphatic rings. The van der Waals surface area contributed by atoms with Gasteiger partial charge in [0.15, 0.2) is 5.13 Å². The number of carbonyl (C=O) groups is 3. The summed E-state index contributed by atoms with van der Waals surface area (Å²) < 4.78 is 5.50. The fourth-order valence-corrected chi connectivity index (χ4v) is 7.14. The number of carbonyl (C=O) groups excluding carboxylic acids is 3. The Hall–Kier alpha value is -6.17. The van der Waals surface area contributed by atoms with Crippen LogP contribution in [0.2, 0.25) is 0 Å². The third-order valence-corrected chi connectivity index (χ3v) is 10.1. The van der Waals surface area contributed by atoms with Crippen molar-refractivity contribution in [3.8, 4) is 17.0 Å². The van der Waals surface area contributed by atoms with Crippen LogP contribution in [-0.2, 0) is 9.59 Å². The summed E-state index contributed by atoms with van der Waals surface area (Å²) >= 11 is 2.68. The van der Waals surface area contributed by atoms with Crippen molar-refractivity contribution in [1.29, 1.82) is 0 Å². The zero-order chi connectivity index (χ0) is 37.2. The molecule has 1 heterocycles. The number of thioether (sulfide) groups is 1. The van der Waals surface area contributed by atoms with Crippen molar-refractivity contribution in [2.45, 2.75) is 10.1 Å². The molecule has 3 amide bonds.